The van der Waals surface area contributed by atoms with E-state index in [1.54, 1.807) is 37.0 Å². The van der Waals surface area contributed by atoms with Crippen LogP contribution in [0, 0.1) is 6.92 Å². The third-order valence-corrected chi connectivity index (χ3v) is 3.14. The number of pyridine rings is 2. The van der Waals surface area contributed by atoms with Crippen molar-refractivity contribution in [1.82, 2.24) is 19.7 Å². The predicted molar refractivity (Wildman–Crippen MR) is 78.3 cm³/mol. The fraction of sp³-hybridized carbons (Fsp3) is 0.143. The number of hydrogen-bond donors (Lipinski definition) is 2. The number of fused-ring (bicyclic) bond motifs is 1. The number of anilines is 1. The van der Waals surface area contributed by atoms with Gasteiger partial charge in [0.1, 0.15) is 5.82 Å². The molecule has 21 heavy (non-hydrogen) atoms. The number of aromatic amines is 1. The Kier molecular flexibility index (Phi) is 3.02. The zero-order valence-electron chi connectivity index (χ0n) is 11.5. The van der Waals surface area contributed by atoms with E-state index in [1.165, 1.54) is 12.4 Å². The highest BCUT2D eigenvalue weighted by Crippen LogP contribution is 2.16. The largest absolute Gasteiger partial charge is 0.328 e. The van der Waals surface area contributed by atoms with Gasteiger partial charge in [-0.1, -0.05) is 0 Å². The van der Waals surface area contributed by atoms with Crippen molar-refractivity contribution in [3.63, 3.8) is 0 Å². The van der Waals surface area contributed by atoms with Crippen molar-refractivity contribution in [1.29, 1.82) is 0 Å². The number of H-pyrrole nitrogens is 1. The minimum Gasteiger partial charge on any atom is -0.328 e. The maximum absolute atomic E-state index is 12.1. The van der Waals surface area contributed by atoms with Gasteiger partial charge in [-0.05, 0) is 24.6 Å². The Morgan fingerprint density at radius 1 is 1.43 bits per heavy atom. The van der Waals surface area contributed by atoms with E-state index in [2.05, 4.69) is 20.4 Å². The van der Waals surface area contributed by atoms with Crippen molar-refractivity contribution in [3.05, 3.63) is 52.2 Å². The Balaban J connectivity index is 1.98. The molecule has 0 aliphatic rings. The van der Waals surface area contributed by atoms with E-state index in [-0.39, 0.29) is 11.5 Å². The maximum Gasteiger partial charge on any atom is 0.260 e. The average Bonchev–Trinajstić information content (AvgIpc) is 2.85. The number of hydrogen-bond acceptors (Lipinski definition) is 4. The van der Waals surface area contributed by atoms with E-state index in [1.807, 2.05) is 0 Å². The Morgan fingerprint density at radius 3 is 2.95 bits per heavy atom. The molecule has 3 rings (SSSR count). The van der Waals surface area contributed by atoms with Crippen LogP contribution < -0.4 is 10.9 Å². The van der Waals surface area contributed by atoms with Gasteiger partial charge in [-0.3, -0.25) is 14.3 Å². The van der Waals surface area contributed by atoms with E-state index < -0.39 is 0 Å². The Hall–Kier alpha value is -2.96. The van der Waals surface area contributed by atoms with Gasteiger partial charge < -0.3 is 10.3 Å². The zero-order chi connectivity index (χ0) is 15.0. The number of carbonyl (C=O) groups is 1. The maximum atomic E-state index is 12.1. The van der Waals surface area contributed by atoms with Crippen LogP contribution in [0.15, 0.2) is 35.5 Å². The molecule has 1 amide bonds. The normalized spacial score (nSPS) is 10.8. The highest BCUT2D eigenvalue weighted by molar-refractivity contribution is 6.04. The quantitative estimate of drug-likeness (QED) is 0.739. The number of rotatable bonds is 2. The molecule has 0 fully saturated rings. The van der Waals surface area contributed by atoms with Crippen LogP contribution >= 0.6 is 0 Å². The summed E-state index contributed by atoms with van der Waals surface area (Å²) in [6.45, 7) is 1.80. The van der Waals surface area contributed by atoms with E-state index in [0.717, 1.165) is 5.56 Å². The molecule has 3 heterocycles. The van der Waals surface area contributed by atoms with Crippen molar-refractivity contribution >= 4 is 22.6 Å². The predicted octanol–water partition coefficient (Wildman–Crippen LogP) is 1.22. The summed E-state index contributed by atoms with van der Waals surface area (Å²) in [6.07, 6.45) is 4.63. The lowest BCUT2D eigenvalue weighted by molar-refractivity contribution is 0.102. The fourth-order valence-electron chi connectivity index (χ4n) is 2.17. The molecule has 0 bridgehead atoms. The number of aromatic nitrogens is 4. The first-order valence-corrected chi connectivity index (χ1v) is 6.33. The lowest BCUT2D eigenvalue weighted by Crippen LogP contribution is -2.14. The molecule has 0 saturated heterocycles. The fourth-order valence-corrected chi connectivity index (χ4v) is 2.17. The van der Waals surface area contributed by atoms with Crippen molar-refractivity contribution < 1.29 is 4.79 Å². The lowest BCUT2D eigenvalue weighted by atomic mass is 10.1. The van der Waals surface area contributed by atoms with Gasteiger partial charge >= 0.3 is 0 Å². The smallest absolute Gasteiger partial charge is 0.260 e. The molecule has 0 radical (unpaired) electrons. The summed E-state index contributed by atoms with van der Waals surface area (Å²) in [4.78, 5) is 30.7. The van der Waals surface area contributed by atoms with Gasteiger partial charge in [-0.2, -0.15) is 5.10 Å². The van der Waals surface area contributed by atoms with Gasteiger partial charge in [0.2, 0.25) is 0 Å². The molecule has 7 heteroatoms. The van der Waals surface area contributed by atoms with Crippen molar-refractivity contribution in [2.75, 3.05) is 5.32 Å². The van der Waals surface area contributed by atoms with Crippen LogP contribution in [-0.2, 0) is 7.05 Å². The molecule has 106 valence electrons. The summed E-state index contributed by atoms with van der Waals surface area (Å²) in [6, 6.07) is 3.37. The number of nitrogens with zero attached hydrogens (tertiary/aromatic N) is 3. The third kappa shape index (κ3) is 2.40. The van der Waals surface area contributed by atoms with Crippen LogP contribution in [0.3, 0.4) is 0 Å². The number of aryl methyl sites for hydroxylation is 2. The summed E-state index contributed by atoms with van der Waals surface area (Å²) in [5.41, 5.74) is 1.55. The monoisotopic (exact) mass is 283 g/mol. The standard InChI is InChI=1S/C14H13N5O2/c1-8-5-11(17-10-3-4-15-14(21)12(8)10)18-13(20)9-6-16-19(2)7-9/h3-7H,1-2H3,(H,15,21)(H,17,18,20). The van der Waals surface area contributed by atoms with Crippen LogP contribution in [0.5, 0.6) is 0 Å². The highest BCUT2D eigenvalue weighted by Gasteiger charge is 2.11. The average molecular weight is 283 g/mol. The van der Waals surface area contributed by atoms with E-state index in [4.69, 9.17) is 0 Å². The van der Waals surface area contributed by atoms with Crippen LogP contribution in [0.4, 0.5) is 5.82 Å². The second-order valence-corrected chi connectivity index (χ2v) is 4.75. The molecular formula is C14H13N5O2. The van der Waals surface area contributed by atoms with Crippen molar-refractivity contribution in [2.24, 2.45) is 7.05 Å². The summed E-state index contributed by atoms with van der Waals surface area (Å²) in [5.74, 6) is 0.110. The summed E-state index contributed by atoms with van der Waals surface area (Å²) in [5, 5.41) is 7.18. The molecule has 0 aromatic carbocycles. The summed E-state index contributed by atoms with van der Waals surface area (Å²) >= 11 is 0. The second kappa shape index (κ2) is 4.86. The van der Waals surface area contributed by atoms with Crippen LogP contribution in [0.1, 0.15) is 15.9 Å². The molecule has 0 saturated carbocycles. The van der Waals surface area contributed by atoms with Crippen LogP contribution in [0.2, 0.25) is 0 Å². The van der Waals surface area contributed by atoms with E-state index in [0.29, 0.717) is 22.3 Å². The molecule has 0 aliphatic heterocycles. The third-order valence-electron chi connectivity index (χ3n) is 3.14. The minimum atomic E-state index is -0.292. The minimum absolute atomic E-state index is 0.192. The SMILES string of the molecule is Cc1cc(NC(=O)c2cnn(C)c2)nc2cc[nH]c(=O)c12. The van der Waals surface area contributed by atoms with Gasteiger partial charge in [-0.15, -0.1) is 0 Å². The molecule has 0 unspecified atom stereocenters. The van der Waals surface area contributed by atoms with Crippen molar-refractivity contribution in [2.45, 2.75) is 6.92 Å². The zero-order valence-corrected chi connectivity index (χ0v) is 11.5. The lowest BCUT2D eigenvalue weighted by Gasteiger charge is -2.06. The van der Waals surface area contributed by atoms with Gasteiger partial charge in [0.25, 0.3) is 11.5 Å². The van der Waals surface area contributed by atoms with Gasteiger partial charge in [-0.25, -0.2) is 4.98 Å². The Labute approximate surface area is 119 Å². The number of carbonyl (C=O) groups excluding carboxylic acids is 1. The van der Waals surface area contributed by atoms with Crippen LogP contribution in [-0.4, -0.2) is 25.7 Å². The molecule has 2 N–H and O–H groups in total. The van der Waals surface area contributed by atoms with E-state index in [9.17, 15) is 9.59 Å². The van der Waals surface area contributed by atoms with Gasteiger partial charge in [0.05, 0.1) is 22.7 Å². The molecule has 0 spiro atoms. The molecule has 3 aromatic rings. The Morgan fingerprint density at radius 2 is 2.24 bits per heavy atom. The molecular weight excluding hydrogens is 270 g/mol. The van der Waals surface area contributed by atoms with E-state index >= 15 is 0 Å². The van der Waals surface area contributed by atoms with Crippen LogP contribution in [0.25, 0.3) is 10.9 Å². The van der Waals surface area contributed by atoms with Gasteiger partial charge in [0.15, 0.2) is 0 Å². The first kappa shape index (κ1) is 13.0. The van der Waals surface area contributed by atoms with Gasteiger partial charge in [0, 0.05) is 19.4 Å². The summed E-state index contributed by atoms with van der Waals surface area (Å²) in [7, 11) is 1.74. The Bertz CT molecular complexity index is 894. The first-order valence-electron chi connectivity index (χ1n) is 6.33. The topological polar surface area (TPSA) is 92.7 Å². The first-order chi connectivity index (χ1) is 10.0. The van der Waals surface area contributed by atoms with Crippen molar-refractivity contribution in [3.8, 4) is 0 Å². The highest BCUT2D eigenvalue weighted by atomic mass is 16.1. The summed E-state index contributed by atoms with van der Waals surface area (Å²) < 4.78 is 1.55. The molecule has 0 aliphatic carbocycles. The second-order valence-electron chi connectivity index (χ2n) is 4.75. The molecule has 7 nitrogen and oxygen atoms in total. The molecule has 0 atom stereocenters. The molecule has 3 aromatic heterocycles. The number of nitrogens with one attached hydrogen (secondary N) is 2. The number of amides is 1.